The molecule has 70 valence electrons. The van der Waals surface area contributed by atoms with Crippen LogP contribution in [0.25, 0.3) is 0 Å². The molecule has 0 saturated carbocycles. The third kappa shape index (κ3) is 1.42. The van der Waals surface area contributed by atoms with Gasteiger partial charge in [0.15, 0.2) is 17.8 Å². The molecule has 1 aromatic rings. The first kappa shape index (κ1) is 9.38. The average Bonchev–Trinajstić information content (AvgIpc) is 2.10. The van der Waals surface area contributed by atoms with E-state index in [0.29, 0.717) is 11.8 Å². The number of carbonyl (C=O) groups is 1. The normalized spacial score (nSPS) is 9.69. The van der Waals surface area contributed by atoms with Gasteiger partial charge in [0.05, 0.1) is 7.11 Å². The number of carbonyl (C=O) groups excluding carboxylic acids is 1. The lowest BCUT2D eigenvalue weighted by Crippen LogP contribution is -1.93. The van der Waals surface area contributed by atoms with E-state index >= 15 is 0 Å². The Hall–Kier alpha value is -1.71. The third-order valence-corrected chi connectivity index (χ3v) is 1.78. The fourth-order valence-corrected chi connectivity index (χ4v) is 1.12. The van der Waals surface area contributed by atoms with Crippen LogP contribution in [-0.4, -0.2) is 23.6 Å². The summed E-state index contributed by atoms with van der Waals surface area (Å²) in [6.07, 6.45) is 0.445. The molecule has 4 nitrogen and oxygen atoms in total. The Morgan fingerprint density at radius 2 is 2.08 bits per heavy atom. The van der Waals surface area contributed by atoms with E-state index in [1.165, 1.54) is 13.2 Å². The topological polar surface area (TPSA) is 66.8 Å². The predicted octanol–water partition coefficient (Wildman–Crippen LogP) is 1.23. The van der Waals surface area contributed by atoms with E-state index in [0.717, 1.165) is 0 Å². The molecule has 1 rings (SSSR count). The number of hydrogen-bond acceptors (Lipinski definition) is 4. The minimum Gasteiger partial charge on any atom is -0.507 e. The van der Waals surface area contributed by atoms with Crippen LogP contribution >= 0.6 is 0 Å². The molecule has 0 aliphatic carbocycles. The first-order valence-electron chi connectivity index (χ1n) is 3.66. The summed E-state index contributed by atoms with van der Waals surface area (Å²) in [5.74, 6) is -0.317. The molecule has 0 aliphatic heterocycles. The molecule has 0 unspecified atom stereocenters. The molecule has 0 bridgehead atoms. The van der Waals surface area contributed by atoms with Crippen LogP contribution in [-0.2, 0) is 0 Å². The van der Waals surface area contributed by atoms with Crippen LogP contribution in [0.5, 0.6) is 17.2 Å². The maximum absolute atomic E-state index is 10.6. The highest BCUT2D eigenvalue weighted by molar-refractivity contribution is 5.86. The number of aromatic hydroxyl groups is 2. The standard InChI is InChI=1S/C9H10O4/c1-5-3-7(11)9(13-2)6(4-10)8(5)12/h3-4,11-12H,1-2H3. The van der Waals surface area contributed by atoms with E-state index in [1.54, 1.807) is 6.92 Å². The third-order valence-electron chi connectivity index (χ3n) is 1.78. The maximum atomic E-state index is 10.6. The van der Waals surface area contributed by atoms with Gasteiger partial charge in [-0.3, -0.25) is 4.79 Å². The molecule has 0 aromatic heterocycles. The second-order valence-electron chi connectivity index (χ2n) is 2.63. The number of aldehydes is 1. The number of phenols is 2. The van der Waals surface area contributed by atoms with Gasteiger partial charge in [-0.15, -0.1) is 0 Å². The van der Waals surface area contributed by atoms with E-state index in [-0.39, 0.29) is 22.8 Å². The summed E-state index contributed by atoms with van der Waals surface area (Å²) in [5, 5.41) is 18.7. The largest absolute Gasteiger partial charge is 0.507 e. The van der Waals surface area contributed by atoms with E-state index in [9.17, 15) is 15.0 Å². The predicted molar refractivity (Wildman–Crippen MR) is 46.4 cm³/mol. The monoisotopic (exact) mass is 182 g/mol. The van der Waals surface area contributed by atoms with Gasteiger partial charge in [0.2, 0.25) is 0 Å². The molecule has 0 spiro atoms. The van der Waals surface area contributed by atoms with Gasteiger partial charge in [-0.05, 0) is 18.6 Å². The van der Waals surface area contributed by atoms with Gasteiger partial charge in [0, 0.05) is 0 Å². The van der Waals surface area contributed by atoms with E-state index in [4.69, 9.17) is 4.74 Å². The van der Waals surface area contributed by atoms with Crippen LogP contribution in [0.15, 0.2) is 6.07 Å². The molecule has 0 amide bonds. The zero-order valence-electron chi connectivity index (χ0n) is 7.37. The van der Waals surface area contributed by atoms with Gasteiger partial charge < -0.3 is 14.9 Å². The van der Waals surface area contributed by atoms with Crippen LogP contribution in [0.2, 0.25) is 0 Å². The van der Waals surface area contributed by atoms with Crippen molar-refractivity contribution >= 4 is 6.29 Å². The van der Waals surface area contributed by atoms with Crippen LogP contribution in [0.4, 0.5) is 0 Å². The summed E-state index contributed by atoms with van der Waals surface area (Å²) in [5.41, 5.74) is 0.403. The number of methoxy groups -OCH3 is 1. The summed E-state index contributed by atoms with van der Waals surface area (Å²) in [6.45, 7) is 1.58. The fraction of sp³-hybridized carbons (Fsp3) is 0.222. The summed E-state index contributed by atoms with van der Waals surface area (Å²) >= 11 is 0. The zero-order chi connectivity index (χ0) is 10.0. The smallest absolute Gasteiger partial charge is 0.174 e. The average molecular weight is 182 g/mol. The Morgan fingerprint density at radius 1 is 1.46 bits per heavy atom. The summed E-state index contributed by atoms with van der Waals surface area (Å²) in [6, 6.07) is 1.33. The molecule has 0 heterocycles. The molecule has 0 aliphatic rings. The lowest BCUT2D eigenvalue weighted by atomic mass is 10.1. The fourth-order valence-electron chi connectivity index (χ4n) is 1.12. The van der Waals surface area contributed by atoms with Crippen LogP contribution in [0, 0.1) is 6.92 Å². The first-order valence-corrected chi connectivity index (χ1v) is 3.66. The Morgan fingerprint density at radius 3 is 2.54 bits per heavy atom. The lowest BCUT2D eigenvalue weighted by molar-refractivity contribution is 0.111. The molecule has 1 aromatic carbocycles. The summed E-state index contributed by atoms with van der Waals surface area (Å²) in [7, 11) is 1.32. The molecular formula is C9H10O4. The highest BCUT2D eigenvalue weighted by Gasteiger charge is 2.15. The van der Waals surface area contributed by atoms with Crippen molar-refractivity contribution in [1.82, 2.24) is 0 Å². The van der Waals surface area contributed by atoms with Crippen LogP contribution in [0.3, 0.4) is 0 Å². The Bertz CT molecular complexity index is 344. The lowest BCUT2D eigenvalue weighted by Gasteiger charge is -2.09. The number of ether oxygens (including phenoxy) is 1. The molecule has 13 heavy (non-hydrogen) atoms. The van der Waals surface area contributed by atoms with Crippen molar-refractivity contribution in [2.75, 3.05) is 7.11 Å². The highest BCUT2D eigenvalue weighted by Crippen LogP contribution is 2.37. The quantitative estimate of drug-likeness (QED) is 0.533. The van der Waals surface area contributed by atoms with E-state index in [2.05, 4.69) is 0 Å². The number of hydrogen-bond donors (Lipinski definition) is 2. The van der Waals surface area contributed by atoms with Crippen molar-refractivity contribution in [3.8, 4) is 17.2 Å². The molecule has 2 N–H and O–H groups in total. The van der Waals surface area contributed by atoms with Gasteiger partial charge in [0.25, 0.3) is 0 Å². The van der Waals surface area contributed by atoms with Crippen molar-refractivity contribution < 1.29 is 19.7 Å². The van der Waals surface area contributed by atoms with Gasteiger partial charge in [-0.25, -0.2) is 0 Å². The van der Waals surface area contributed by atoms with Crippen molar-refractivity contribution in [2.45, 2.75) is 6.92 Å². The number of rotatable bonds is 2. The van der Waals surface area contributed by atoms with Gasteiger partial charge in [0.1, 0.15) is 11.3 Å². The Kier molecular flexibility index (Phi) is 2.41. The van der Waals surface area contributed by atoms with Crippen molar-refractivity contribution in [2.24, 2.45) is 0 Å². The second-order valence-corrected chi connectivity index (χ2v) is 2.63. The Balaban J connectivity index is 3.50. The molecule has 0 saturated heterocycles. The van der Waals surface area contributed by atoms with Crippen molar-refractivity contribution in [1.29, 1.82) is 0 Å². The molecule has 0 fully saturated rings. The summed E-state index contributed by atoms with van der Waals surface area (Å²) < 4.78 is 4.76. The van der Waals surface area contributed by atoms with Crippen molar-refractivity contribution in [3.05, 3.63) is 17.2 Å². The molecule has 0 atom stereocenters. The van der Waals surface area contributed by atoms with Gasteiger partial charge >= 0.3 is 0 Å². The molecule has 0 radical (unpaired) electrons. The van der Waals surface area contributed by atoms with E-state index < -0.39 is 0 Å². The maximum Gasteiger partial charge on any atom is 0.174 e. The SMILES string of the molecule is COc1c(O)cc(C)c(O)c1C=O. The second kappa shape index (κ2) is 3.35. The molecule has 4 heteroatoms. The zero-order valence-corrected chi connectivity index (χ0v) is 7.37. The van der Waals surface area contributed by atoms with Crippen molar-refractivity contribution in [3.63, 3.8) is 0 Å². The number of benzene rings is 1. The van der Waals surface area contributed by atoms with Gasteiger partial charge in [-0.1, -0.05) is 0 Å². The number of phenolic OH excluding ortho intramolecular Hbond substituents is 2. The first-order chi connectivity index (χ1) is 6.11. The number of aryl methyl sites for hydroxylation is 1. The van der Waals surface area contributed by atoms with Crippen LogP contribution in [0.1, 0.15) is 15.9 Å². The summed E-state index contributed by atoms with van der Waals surface area (Å²) in [4.78, 5) is 10.6. The minimum atomic E-state index is -0.162. The highest BCUT2D eigenvalue weighted by atomic mass is 16.5. The van der Waals surface area contributed by atoms with E-state index in [1.807, 2.05) is 0 Å². The Labute approximate surface area is 75.4 Å². The molecular weight excluding hydrogens is 172 g/mol. The van der Waals surface area contributed by atoms with Crippen LogP contribution < -0.4 is 4.74 Å². The minimum absolute atomic E-state index is 0.00176. The van der Waals surface area contributed by atoms with Gasteiger partial charge in [-0.2, -0.15) is 0 Å².